The third-order valence-electron chi connectivity index (χ3n) is 5.68. The quantitative estimate of drug-likeness (QED) is 0.603. The van der Waals surface area contributed by atoms with Crippen molar-refractivity contribution in [1.29, 1.82) is 0 Å². The number of benzene rings is 2. The van der Waals surface area contributed by atoms with Gasteiger partial charge in [-0.2, -0.15) is 0 Å². The molecule has 1 N–H and O–H groups in total. The highest BCUT2D eigenvalue weighted by Crippen LogP contribution is 2.23. The summed E-state index contributed by atoms with van der Waals surface area (Å²) < 4.78 is 16.2. The molecule has 2 amide bonds. The Balaban J connectivity index is 1.40. The van der Waals surface area contributed by atoms with E-state index in [-0.39, 0.29) is 17.9 Å². The SMILES string of the molecule is COc1cc(OC)cc(C(=O)NC2CCN(C(=O)CCCOc3ccccc3C)CC2)c1. The van der Waals surface area contributed by atoms with Crippen molar-refractivity contribution in [2.75, 3.05) is 33.9 Å². The van der Waals surface area contributed by atoms with E-state index in [9.17, 15) is 9.59 Å². The minimum absolute atomic E-state index is 0.0353. The van der Waals surface area contributed by atoms with E-state index in [1.54, 1.807) is 32.4 Å². The maximum absolute atomic E-state index is 12.7. The highest BCUT2D eigenvalue weighted by molar-refractivity contribution is 5.95. The van der Waals surface area contributed by atoms with E-state index in [4.69, 9.17) is 14.2 Å². The zero-order valence-electron chi connectivity index (χ0n) is 19.1. The number of nitrogens with one attached hydrogen (secondary N) is 1. The number of methoxy groups -OCH3 is 2. The molecule has 0 radical (unpaired) electrons. The second-order valence-corrected chi connectivity index (χ2v) is 7.95. The number of aryl methyl sites for hydroxylation is 1. The molecule has 7 nitrogen and oxygen atoms in total. The second-order valence-electron chi connectivity index (χ2n) is 7.95. The Morgan fingerprint density at radius 2 is 1.69 bits per heavy atom. The molecule has 172 valence electrons. The van der Waals surface area contributed by atoms with Gasteiger partial charge in [-0.05, 0) is 49.9 Å². The summed E-state index contributed by atoms with van der Waals surface area (Å²) in [5.74, 6) is 1.98. The maximum atomic E-state index is 12.7. The Bertz CT molecular complexity index is 900. The molecule has 1 heterocycles. The van der Waals surface area contributed by atoms with Crippen LogP contribution in [0, 0.1) is 6.92 Å². The van der Waals surface area contributed by atoms with E-state index in [1.165, 1.54) is 0 Å². The molecule has 0 unspecified atom stereocenters. The van der Waals surface area contributed by atoms with Crippen LogP contribution in [0.15, 0.2) is 42.5 Å². The van der Waals surface area contributed by atoms with Gasteiger partial charge >= 0.3 is 0 Å². The number of carbonyl (C=O) groups excluding carboxylic acids is 2. The number of hydrogen-bond donors (Lipinski definition) is 1. The number of hydrogen-bond acceptors (Lipinski definition) is 5. The molecule has 3 rings (SSSR count). The minimum Gasteiger partial charge on any atom is -0.497 e. The van der Waals surface area contributed by atoms with Gasteiger partial charge < -0.3 is 24.4 Å². The number of carbonyl (C=O) groups is 2. The summed E-state index contributed by atoms with van der Waals surface area (Å²) in [5.41, 5.74) is 1.59. The lowest BCUT2D eigenvalue weighted by atomic mass is 10.0. The third kappa shape index (κ3) is 6.39. The van der Waals surface area contributed by atoms with Gasteiger partial charge in [0.25, 0.3) is 5.91 Å². The lowest BCUT2D eigenvalue weighted by Gasteiger charge is -2.32. The first-order valence-corrected chi connectivity index (χ1v) is 11.0. The van der Waals surface area contributed by atoms with Crippen LogP contribution >= 0.6 is 0 Å². The number of amides is 2. The molecule has 1 aliphatic heterocycles. The lowest BCUT2D eigenvalue weighted by molar-refractivity contribution is -0.132. The number of likely N-dealkylation sites (tertiary alicyclic amines) is 1. The summed E-state index contributed by atoms with van der Waals surface area (Å²) in [7, 11) is 3.11. The van der Waals surface area contributed by atoms with Crippen molar-refractivity contribution >= 4 is 11.8 Å². The van der Waals surface area contributed by atoms with Crippen molar-refractivity contribution in [3.63, 3.8) is 0 Å². The first-order chi connectivity index (χ1) is 15.5. The molecule has 0 aromatic heterocycles. The fourth-order valence-electron chi connectivity index (χ4n) is 3.76. The van der Waals surface area contributed by atoms with Crippen LogP contribution in [0.1, 0.15) is 41.6 Å². The molecule has 0 spiro atoms. The van der Waals surface area contributed by atoms with Gasteiger partial charge in [0, 0.05) is 37.2 Å². The number of rotatable bonds is 9. The van der Waals surface area contributed by atoms with E-state index in [2.05, 4.69) is 5.32 Å². The summed E-state index contributed by atoms with van der Waals surface area (Å²) in [5, 5.41) is 3.06. The number of nitrogens with zero attached hydrogens (tertiary/aromatic N) is 1. The Labute approximate surface area is 189 Å². The van der Waals surface area contributed by atoms with Crippen molar-refractivity contribution < 1.29 is 23.8 Å². The molecule has 0 saturated carbocycles. The summed E-state index contributed by atoms with van der Waals surface area (Å²) in [6, 6.07) is 13.0. The zero-order chi connectivity index (χ0) is 22.9. The monoisotopic (exact) mass is 440 g/mol. The van der Waals surface area contributed by atoms with Crippen LogP contribution in [0.5, 0.6) is 17.2 Å². The molecule has 1 saturated heterocycles. The topological polar surface area (TPSA) is 77.1 Å². The van der Waals surface area contributed by atoms with Gasteiger partial charge in [-0.15, -0.1) is 0 Å². The van der Waals surface area contributed by atoms with Gasteiger partial charge in [0.1, 0.15) is 17.2 Å². The third-order valence-corrected chi connectivity index (χ3v) is 5.68. The first-order valence-electron chi connectivity index (χ1n) is 11.0. The minimum atomic E-state index is -0.166. The molecule has 32 heavy (non-hydrogen) atoms. The highest BCUT2D eigenvalue weighted by Gasteiger charge is 2.24. The largest absolute Gasteiger partial charge is 0.497 e. The van der Waals surface area contributed by atoms with Crippen molar-refractivity contribution in [2.24, 2.45) is 0 Å². The summed E-state index contributed by atoms with van der Waals surface area (Å²) >= 11 is 0. The van der Waals surface area contributed by atoms with E-state index in [0.717, 1.165) is 24.2 Å². The van der Waals surface area contributed by atoms with Crippen LogP contribution in [0.25, 0.3) is 0 Å². The average Bonchev–Trinajstić information content (AvgIpc) is 2.82. The first kappa shape index (κ1) is 23.4. The van der Waals surface area contributed by atoms with Crippen molar-refractivity contribution in [1.82, 2.24) is 10.2 Å². The molecule has 0 atom stereocenters. The number of piperidine rings is 1. The van der Waals surface area contributed by atoms with Crippen LogP contribution in [0.3, 0.4) is 0 Å². The molecule has 1 fully saturated rings. The van der Waals surface area contributed by atoms with Crippen molar-refractivity contribution in [3.8, 4) is 17.2 Å². The van der Waals surface area contributed by atoms with Gasteiger partial charge in [-0.1, -0.05) is 18.2 Å². The number of ether oxygens (including phenoxy) is 3. The molecule has 2 aromatic carbocycles. The van der Waals surface area contributed by atoms with Crippen molar-refractivity contribution in [2.45, 2.75) is 38.6 Å². The van der Waals surface area contributed by atoms with E-state index < -0.39 is 0 Å². The van der Waals surface area contributed by atoms with Crippen LogP contribution in [0.4, 0.5) is 0 Å². The normalized spacial score (nSPS) is 14.0. The summed E-state index contributed by atoms with van der Waals surface area (Å²) in [4.78, 5) is 27.1. The van der Waals surface area contributed by atoms with Gasteiger partial charge in [-0.3, -0.25) is 9.59 Å². The Morgan fingerprint density at radius 1 is 1.03 bits per heavy atom. The number of para-hydroxylation sites is 1. The second kappa shape index (κ2) is 11.4. The van der Waals surface area contributed by atoms with Gasteiger partial charge in [0.15, 0.2) is 0 Å². The average molecular weight is 441 g/mol. The summed E-state index contributed by atoms with van der Waals surface area (Å²) in [6.07, 6.45) is 2.62. The van der Waals surface area contributed by atoms with Crippen LogP contribution in [-0.2, 0) is 4.79 Å². The van der Waals surface area contributed by atoms with Crippen LogP contribution in [-0.4, -0.2) is 56.7 Å². The Morgan fingerprint density at radius 3 is 2.31 bits per heavy atom. The van der Waals surface area contributed by atoms with E-state index in [0.29, 0.717) is 49.6 Å². The Hall–Kier alpha value is -3.22. The molecular formula is C25H32N2O5. The molecular weight excluding hydrogens is 408 g/mol. The Kier molecular flexibility index (Phi) is 8.36. The molecule has 1 aliphatic rings. The van der Waals surface area contributed by atoms with Crippen molar-refractivity contribution in [3.05, 3.63) is 53.6 Å². The maximum Gasteiger partial charge on any atom is 0.251 e. The van der Waals surface area contributed by atoms with Gasteiger partial charge in [0.05, 0.1) is 20.8 Å². The highest BCUT2D eigenvalue weighted by atomic mass is 16.5. The predicted molar refractivity (Wildman–Crippen MR) is 123 cm³/mol. The van der Waals surface area contributed by atoms with Crippen LogP contribution < -0.4 is 19.5 Å². The summed E-state index contributed by atoms with van der Waals surface area (Å²) in [6.45, 7) is 3.81. The fourth-order valence-corrected chi connectivity index (χ4v) is 3.76. The smallest absolute Gasteiger partial charge is 0.251 e. The molecule has 0 bridgehead atoms. The molecule has 0 aliphatic carbocycles. The van der Waals surface area contributed by atoms with E-state index >= 15 is 0 Å². The van der Waals surface area contributed by atoms with Gasteiger partial charge in [0.2, 0.25) is 5.91 Å². The van der Waals surface area contributed by atoms with Crippen LogP contribution in [0.2, 0.25) is 0 Å². The molecule has 2 aromatic rings. The standard InChI is InChI=1S/C25H32N2O5/c1-18-7-4-5-8-23(18)32-14-6-9-24(28)27-12-10-20(11-13-27)26-25(29)19-15-21(30-2)17-22(16-19)31-3/h4-5,7-8,15-17,20H,6,9-14H2,1-3H3,(H,26,29). The van der Waals surface area contributed by atoms with Gasteiger partial charge in [-0.25, -0.2) is 0 Å². The van der Waals surface area contributed by atoms with E-state index in [1.807, 2.05) is 36.1 Å². The predicted octanol–water partition coefficient (Wildman–Crippen LogP) is 3.59. The zero-order valence-corrected chi connectivity index (χ0v) is 19.1. The molecule has 7 heteroatoms. The lowest BCUT2D eigenvalue weighted by Crippen LogP contribution is -2.46. The fraction of sp³-hybridized carbons (Fsp3) is 0.440.